The predicted octanol–water partition coefficient (Wildman–Crippen LogP) is 3.21. The molecule has 0 spiro atoms. The maximum Gasteiger partial charge on any atom is 0.118 e. The van der Waals surface area contributed by atoms with Crippen LogP contribution in [0.25, 0.3) is 50.3 Å². The molecular weight excluding hydrogens is 874 g/mol. The molecule has 3 aromatic heterocycles. The van der Waals surface area contributed by atoms with Crippen molar-refractivity contribution >= 4 is 110 Å². The molecule has 13 nitrogen and oxygen atoms in total. The molecule has 0 N–H and O–H groups in total. The van der Waals surface area contributed by atoms with E-state index in [4.69, 9.17) is 30.2 Å². The molecule has 0 bridgehead atoms. The first kappa shape index (κ1) is 48.9. The topological polar surface area (TPSA) is 208 Å². The van der Waals surface area contributed by atoms with Gasteiger partial charge in [0.1, 0.15) is 41.5 Å². The Bertz CT molecular complexity index is 3230. The molecule has 1 atom stereocenters. The number of nitrogens with zero attached hydrogens (tertiary/aromatic N) is 9. The summed E-state index contributed by atoms with van der Waals surface area (Å²) in [6.07, 6.45) is 0.949. The fourth-order valence-corrected chi connectivity index (χ4v) is 6.77. The van der Waals surface area contributed by atoms with Crippen LogP contribution in [0.2, 0.25) is 0 Å². The van der Waals surface area contributed by atoms with E-state index >= 15 is 0 Å². The van der Waals surface area contributed by atoms with Crippen LogP contribution < -0.4 is 61.5 Å². The van der Waals surface area contributed by atoms with Crippen molar-refractivity contribution in [3.63, 3.8) is 0 Å². The van der Waals surface area contributed by atoms with E-state index in [0.29, 0.717) is 16.8 Å². The van der Waals surface area contributed by atoms with Crippen molar-refractivity contribution in [1.29, 1.82) is 21.0 Å². The molecule has 1 aliphatic heterocycles. The van der Waals surface area contributed by atoms with Crippen molar-refractivity contribution in [3.8, 4) is 35.7 Å². The average molecular weight is 898 g/mol. The van der Waals surface area contributed by atoms with Gasteiger partial charge in [0.15, 0.2) is 0 Å². The van der Waals surface area contributed by atoms with Crippen molar-refractivity contribution in [2.24, 2.45) is 0 Å². The Labute approximate surface area is 436 Å². The van der Waals surface area contributed by atoms with E-state index in [9.17, 15) is 14.9 Å². The van der Waals surface area contributed by atoms with Crippen molar-refractivity contribution in [2.75, 3.05) is 0 Å². The maximum absolute atomic E-state index is 12.7. The third kappa shape index (κ3) is 10.6. The summed E-state index contributed by atoms with van der Waals surface area (Å²) in [7, 11) is -3.15. The standard InChI is InChI=1S/C21H11N5.C14H10N2.C8H3FN2.3K.HO4P/c22-12-14-6-5-11-17(15(14)13-23)25-19-9-3-4-10-20(19)26-18-8-2-1-7-16(18)24-21(25)26;1-3-7-12-10(5-1)9-14-15-11-6-2-4-8-13(11)16(12)14;9-8-3-1-2-6(4-10)7(8)5-11;;;;1-4-5(2)3/h1-11H;1-8H,9H2;1-3H;;;;1H/q;;;;;+1;/p-1. The number of hydrogen-bond donors (Lipinski definition) is 0. The molecule has 9 aromatic rings. The first-order chi connectivity index (χ1) is 29.3. The van der Waals surface area contributed by atoms with E-state index < -0.39 is 14.1 Å². The Morgan fingerprint density at radius 3 is 1.74 bits per heavy atom. The van der Waals surface area contributed by atoms with E-state index in [1.165, 1.54) is 92.1 Å². The Balaban J connectivity index is 0.000000172. The smallest absolute Gasteiger partial charge is 0.118 e. The van der Waals surface area contributed by atoms with Crippen LogP contribution in [0.1, 0.15) is 33.6 Å². The monoisotopic (exact) mass is 897 g/mol. The van der Waals surface area contributed by atoms with Gasteiger partial charge in [-0.1, -0.05) is 66.7 Å². The number of para-hydroxylation sites is 7. The largest absolute Gasteiger partial charge is 0.296 e. The fourth-order valence-electron chi connectivity index (χ4n) is 6.77. The van der Waals surface area contributed by atoms with Crippen LogP contribution >= 0.6 is 8.25 Å². The summed E-state index contributed by atoms with van der Waals surface area (Å²) in [4.78, 5) is 18.3. The van der Waals surface area contributed by atoms with Gasteiger partial charge in [0.25, 0.3) is 0 Å². The molecule has 10 rings (SSSR count). The molecule has 0 radical (unpaired) electrons. The Hall–Kier alpha value is -3.16. The van der Waals surface area contributed by atoms with E-state index in [1.54, 1.807) is 24.3 Å². The molecule has 18 heteroatoms. The molecule has 4 heterocycles. The van der Waals surface area contributed by atoms with Gasteiger partial charge in [0.2, 0.25) is 5.78 Å². The summed E-state index contributed by atoms with van der Waals surface area (Å²) in [5.74, 6) is 1.23. The summed E-state index contributed by atoms with van der Waals surface area (Å²) in [6, 6.07) is 49.7. The number of hydrogen-bond acceptors (Lipinski definition) is 10. The second-order valence-electron chi connectivity index (χ2n) is 12.3. The molecule has 0 fully saturated rings. The Morgan fingerprint density at radius 1 is 0.623 bits per heavy atom. The summed E-state index contributed by atoms with van der Waals surface area (Å²) < 4.78 is 30.3. The van der Waals surface area contributed by atoms with Gasteiger partial charge in [-0.25, -0.2) is 19.0 Å². The molecule has 0 amide bonds. The molecule has 0 saturated heterocycles. The molecule has 6 aromatic carbocycles. The second kappa shape index (κ2) is 23.5. The molecule has 0 saturated carbocycles. The molecular formula is C43H24FK3N9O4P. The second-order valence-corrected chi connectivity index (χ2v) is 12.9. The van der Waals surface area contributed by atoms with Crippen molar-refractivity contribution in [3.05, 3.63) is 173 Å². The van der Waals surface area contributed by atoms with Crippen LogP contribution in [-0.4, -0.2) is 86.7 Å². The van der Waals surface area contributed by atoms with E-state index in [1.807, 2.05) is 65.2 Å². The number of imidazole rings is 3. The number of benzene rings is 6. The minimum Gasteiger partial charge on any atom is -0.296 e. The number of rotatable bonds is 2. The van der Waals surface area contributed by atoms with Crippen LogP contribution in [0.3, 0.4) is 0 Å². The number of halogens is 1. The van der Waals surface area contributed by atoms with Crippen LogP contribution in [-0.2, 0) is 15.7 Å². The molecule has 0 aliphatic carbocycles. The van der Waals surface area contributed by atoms with E-state index in [0.717, 1.165) is 51.7 Å². The van der Waals surface area contributed by atoms with Crippen molar-refractivity contribution in [2.45, 2.75) is 6.42 Å². The SMILES string of the molecule is N#Cc1cccc(-n2c3ccccc3n3c4ccccc4nc23)c1C#N.N#Cc1cccc(F)c1C#N.O=[P+]([O-])O[O-].[K+].[K][K].c1ccc2c(c1)Cc1nc3ccccc3n1-2. The maximum atomic E-state index is 12.7. The average Bonchev–Trinajstić information content (AvgIpc) is 4.04. The predicted molar refractivity (Wildman–Crippen MR) is 219 cm³/mol. The summed E-state index contributed by atoms with van der Waals surface area (Å²) in [5, 5.41) is 44.4. The van der Waals surface area contributed by atoms with Gasteiger partial charge in [-0.3, -0.25) is 13.5 Å². The third-order valence-electron chi connectivity index (χ3n) is 9.14. The zero-order valence-electron chi connectivity index (χ0n) is 32.9. The van der Waals surface area contributed by atoms with Gasteiger partial charge in [-0.15, -0.1) is 0 Å². The van der Waals surface area contributed by atoms with Crippen LogP contribution in [0.15, 0.2) is 133 Å². The molecule has 1 aliphatic rings. The molecule has 1 unspecified atom stereocenters. The molecule has 61 heavy (non-hydrogen) atoms. The first-order valence-electron chi connectivity index (χ1n) is 18.2. The molecule has 280 valence electrons. The summed E-state index contributed by atoms with van der Waals surface area (Å²) >= 11 is 2.50. The summed E-state index contributed by atoms with van der Waals surface area (Å²) in [6.45, 7) is 0. The Morgan fingerprint density at radius 2 is 1.13 bits per heavy atom. The normalized spacial score (nSPS) is 10.6. The number of fused-ring (bicyclic) bond motifs is 10. The first-order valence-corrected chi connectivity index (χ1v) is 35.3. The van der Waals surface area contributed by atoms with Crippen LogP contribution in [0, 0.1) is 51.1 Å². The zero-order chi connectivity index (χ0) is 42.8. The fraction of sp³-hybridized carbons (Fsp3) is 0.0233. The van der Waals surface area contributed by atoms with Crippen LogP contribution in [0.5, 0.6) is 0 Å². The van der Waals surface area contributed by atoms with Crippen molar-refractivity contribution in [1.82, 2.24) is 23.5 Å². The number of aromatic nitrogens is 5. The van der Waals surface area contributed by atoms with Gasteiger partial charge in [-0.2, -0.15) is 21.0 Å². The summed E-state index contributed by atoms with van der Waals surface area (Å²) in [5.41, 5.74) is 10.0. The minimum absolute atomic E-state index is 0. The van der Waals surface area contributed by atoms with Gasteiger partial charge in [0, 0.05) is 6.42 Å². The van der Waals surface area contributed by atoms with Gasteiger partial charge < -0.3 is 10.2 Å². The van der Waals surface area contributed by atoms with E-state index in [2.05, 4.69) is 73.2 Å². The van der Waals surface area contributed by atoms with Gasteiger partial charge in [0.05, 0.1) is 61.2 Å². The van der Waals surface area contributed by atoms with Crippen molar-refractivity contribution < 1.29 is 75.2 Å². The quantitative estimate of drug-likeness (QED) is 0.107. The van der Waals surface area contributed by atoms with Gasteiger partial charge >= 0.3 is 123 Å². The third-order valence-corrected chi connectivity index (χ3v) is 9.26. The van der Waals surface area contributed by atoms with Crippen LogP contribution in [0.4, 0.5) is 4.39 Å². The number of nitriles is 4. The van der Waals surface area contributed by atoms with Gasteiger partial charge in [-0.05, 0) is 76.9 Å². The minimum atomic E-state index is -3.15. The Kier molecular flexibility index (Phi) is 18.8. The van der Waals surface area contributed by atoms with E-state index in [-0.39, 0.29) is 62.5 Å². The zero-order valence-corrected chi connectivity index (χ0v) is 43.2.